The molecule has 34 heavy (non-hydrogen) atoms. The second-order valence-electron chi connectivity index (χ2n) is 9.26. The molecule has 0 saturated carbocycles. The van der Waals surface area contributed by atoms with Gasteiger partial charge in [0.05, 0.1) is 0 Å². The Balaban J connectivity index is 1.64. The molecule has 0 aliphatic heterocycles. The van der Waals surface area contributed by atoms with Crippen molar-refractivity contribution in [2.45, 2.75) is 0 Å². The maximum absolute atomic E-state index is 2.31. The van der Waals surface area contributed by atoms with E-state index in [4.69, 9.17) is 0 Å². The predicted molar refractivity (Wildman–Crippen MR) is 144 cm³/mol. The quantitative estimate of drug-likeness (QED) is 0.226. The van der Waals surface area contributed by atoms with Crippen LogP contribution < -0.4 is 0 Å². The van der Waals surface area contributed by atoms with Crippen molar-refractivity contribution >= 4 is 32.7 Å². The summed E-state index contributed by atoms with van der Waals surface area (Å²) in [6, 6.07) is 44.6. The number of benzene rings is 6. The van der Waals surface area contributed by atoms with Crippen molar-refractivity contribution in [3.05, 3.63) is 144 Å². The van der Waals surface area contributed by atoms with Gasteiger partial charge in [-0.05, 0) is 77.2 Å². The second kappa shape index (κ2) is 6.56. The zero-order valence-electron chi connectivity index (χ0n) is 18.5. The predicted octanol–water partition coefficient (Wildman–Crippen LogP) is 8.96. The summed E-state index contributed by atoms with van der Waals surface area (Å²) >= 11 is 0. The molecule has 6 aromatic carbocycles. The summed E-state index contributed by atoms with van der Waals surface area (Å²) in [7, 11) is 0. The molecule has 2 aliphatic carbocycles. The van der Waals surface area contributed by atoms with Crippen LogP contribution in [0.4, 0.5) is 0 Å². The van der Waals surface area contributed by atoms with Crippen LogP contribution in [-0.2, 0) is 0 Å². The van der Waals surface area contributed by atoms with Gasteiger partial charge in [0.2, 0.25) is 0 Å². The summed E-state index contributed by atoms with van der Waals surface area (Å²) in [5.41, 5.74) is 13.5. The highest BCUT2D eigenvalue weighted by Crippen LogP contribution is 2.56. The first-order valence-corrected chi connectivity index (χ1v) is 11.9. The molecule has 0 atom stereocenters. The number of hydrogen-bond acceptors (Lipinski definition) is 0. The lowest BCUT2D eigenvalue weighted by Crippen LogP contribution is -1.93. The SMILES string of the molecule is c1ccc2c(c1)/C(=C1/c3ccccc3-c3ccc4ccccc4c31)c1c-2ccc2ccccc12. The molecule has 0 heterocycles. The van der Waals surface area contributed by atoms with Gasteiger partial charge in [-0.25, -0.2) is 0 Å². The summed E-state index contributed by atoms with van der Waals surface area (Å²) in [4.78, 5) is 0. The molecule has 0 aromatic heterocycles. The minimum absolute atomic E-state index is 1.29. The Morgan fingerprint density at radius 2 is 0.647 bits per heavy atom. The van der Waals surface area contributed by atoms with Crippen LogP contribution in [0.25, 0.3) is 54.9 Å². The molecule has 6 aromatic rings. The third kappa shape index (κ3) is 2.23. The van der Waals surface area contributed by atoms with Crippen molar-refractivity contribution in [2.24, 2.45) is 0 Å². The van der Waals surface area contributed by atoms with Crippen molar-refractivity contribution in [3.8, 4) is 22.3 Å². The molecule has 0 radical (unpaired) electrons. The van der Waals surface area contributed by atoms with Gasteiger partial charge in [-0.3, -0.25) is 0 Å². The standard InChI is InChI=1S/C34H20/c1-3-11-23-21(9-1)17-19-29-25-13-5-7-15-27(25)33(31(23)29)34-28-16-8-6-14-26(28)30-20-18-22-10-2-4-12-24(22)32(30)34/h1-20H/b34-33+. The summed E-state index contributed by atoms with van der Waals surface area (Å²) in [6.45, 7) is 0. The Labute approximate surface area is 198 Å². The lowest BCUT2D eigenvalue weighted by molar-refractivity contribution is 1.63. The van der Waals surface area contributed by atoms with Crippen LogP contribution in [0.5, 0.6) is 0 Å². The number of rotatable bonds is 0. The molecular formula is C34H20. The number of hydrogen-bond donors (Lipinski definition) is 0. The Bertz CT molecular complexity index is 1710. The third-order valence-corrected chi connectivity index (χ3v) is 7.58. The maximum atomic E-state index is 2.31. The molecule has 0 bridgehead atoms. The van der Waals surface area contributed by atoms with Crippen molar-refractivity contribution in [3.63, 3.8) is 0 Å². The van der Waals surface area contributed by atoms with E-state index >= 15 is 0 Å². The fourth-order valence-electron chi connectivity index (χ4n) is 6.19. The lowest BCUT2D eigenvalue weighted by atomic mass is 9.88. The van der Waals surface area contributed by atoms with E-state index in [1.165, 1.54) is 77.2 Å². The smallest absolute Gasteiger partial charge is 0.000742 e. The van der Waals surface area contributed by atoms with Crippen LogP contribution in [0, 0.1) is 0 Å². The molecule has 156 valence electrons. The molecular weight excluding hydrogens is 408 g/mol. The summed E-state index contributed by atoms with van der Waals surface area (Å²) < 4.78 is 0. The fourth-order valence-corrected chi connectivity index (χ4v) is 6.19. The Morgan fingerprint density at radius 1 is 0.265 bits per heavy atom. The van der Waals surface area contributed by atoms with Crippen LogP contribution in [0.15, 0.2) is 121 Å². The van der Waals surface area contributed by atoms with Gasteiger partial charge in [0.15, 0.2) is 0 Å². The first-order valence-electron chi connectivity index (χ1n) is 11.9. The topological polar surface area (TPSA) is 0 Å². The number of fused-ring (bicyclic) bond motifs is 10. The van der Waals surface area contributed by atoms with Crippen LogP contribution in [0.1, 0.15) is 22.3 Å². The van der Waals surface area contributed by atoms with E-state index in [0.717, 1.165) is 0 Å². The molecule has 0 saturated heterocycles. The minimum Gasteiger partial charge on any atom is -0.0616 e. The molecule has 0 spiro atoms. The van der Waals surface area contributed by atoms with Crippen LogP contribution in [0.2, 0.25) is 0 Å². The van der Waals surface area contributed by atoms with E-state index in [9.17, 15) is 0 Å². The van der Waals surface area contributed by atoms with Crippen molar-refractivity contribution < 1.29 is 0 Å². The molecule has 0 N–H and O–H groups in total. The van der Waals surface area contributed by atoms with E-state index in [1.807, 2.05) is 0 Å². The monoisotopic (exact) mass is 428 g/mol. The van der Waals surface area contributed by atoms with E-state index in [-0.39, 0.29) is 0 Å². The average Bonchev–Trinajstić information content (AvgIpc) is 3.42. The maximum Gasteiger partial charge on any atom is -0.000742 e. The zero-order valence-corrected chi connectivity index (χ0v) is 18.5. The molecule has 0 amide bonds. The first-order chi connectivity index (χ1) is 16.9. The van der Waals surface area contributed by atoms with Gasteiger partial charge in [-0.2, -0.15) is 0 Å². The van der Waals surface area contributed by atoms with Gasteiger partial charge in [0.1, 0.15) is 0 Å². The highest BCUT2D eigenvalue weighted by atomic mass is 14.4. The summed E-state index contributed by atoms with van der Waals surface area (Å²) in [5, 5.41) is 5.22. The minimum atomic E-state index is 1.29. The average molecular weight is 429 g/mol. The Morgan fingerprint density at radius 3 is 1.12 bits per heavy atom. The molecule has 0 fully saturated rings. The Kier molecular flexibility index (Phi) is 3.48. The molecule has 0 nitrogen and oxygen atoms in total. The van der Waals surface area contributed by atoms with Gasteiger partial charge < -0.3 is 0 Å². The normalized spacial score (nSPS) is 15.3. The van der Waals surface area contributed by atoms with Crippen LogP contribution in [0.3, 0.4) is 0 Å². The van der Waals surface area contributed by atoms with Crippen LogP contribution >= 0.6 is 0 Å². The van der Waals surface area contributed by atoms with Crippen LogP contribution in [-0.4, -0.2) is 0 Å². The first kappa shape index (κ1) is 18.1. The van der Waals surface area contributed by atoms with Gasteiger partial charge in [0, 0.05) is 0 Å². The molecule has 0 unspecified atom stereocenters. The van der Waals surface area contributed by atoms with Gasteiger partial charge >= 0.3 is 0 Å². The van der Waals surface area contributed by atoms with E-state index < -0.39 is 0 Å². The highest BCUT2D eigenvalue weighted by Gasteiger charge is 2.34. The van der Waals surface area contributed by atoms with E-state index in [2.05, 4.69) is 121 Å². The van der Waals surface area contributed by atoms with Crippen molar-refractivity contribution in [1.29, 1.82) is 0 Å². The summed E-state index contributed by atoms with van der Waals surface area (Å²) in [5.74, 6) is 0. The Hall–Kier alpha value is -4.42. The van der Waals surface area contributed by atoms with Gasteiger partial charge in [0.25, 0.3) is 0 Å². The zero-order chi connectivity index (χ0) is 22.2. The fraction of sp³-hybridized carbons (Fsp3) is 0. The second-order valence-corrected chi connectivity index (χ2v) is 9.26. The van der Waals surface area contributed by atoms with E-state index in [1.54, 1.807) is 0 Å². The van der Waals surface area contributed by atoms with Crippen molar-refractivity contribution in [2.75, 3.05) is 0 Å². The molecule has 2 aliphatic rings. The third-order valence-electron chi connectivity index (χ3n) is 7.58. The van der Waals surface area contributed by atoms with E-state index in [0.29, 0.717) is 0 Å². The molecule has 0 heteroatoms. The summed E-state index contributed by atoms with van der Waals surface area (Å²) in [6.07, 6.45) is 0. The van der Waals surface area contributed by atoms with Gasteiger partial charge in [-0.15, -0.1) is 0 Å². The largest absolute Gasteiger partial charge is 0.0616 e. The lowest BCUT2D eigenvalue weighted by Gasteiger charge is -2.15. The van der Waals surface area contributed by atoms with Gasteiger partial charge in [-0.1, -0.05) is 121 Å². The molecule has 8 rings (SSSR count). The highest BCUT2D eigenvalue weighted by molar-refractivity contribution is 6.25. The van der Waals surface area contributed by atoms with Crippen molar-refractivity contribution in [1.82, 2.24) is 0 Å².